The number of halogens is 3. The number of rotatable bonds is 3. The van der Waals surface area contributed by atoms with Gasteiger partial charge in [0.25, 0.3) is 0 Å². The maximum atomic E-state index is 6.04. The van der Waals surface area contributed by atoms with E-state index in [1.54, 1.807) is 18.3 Å². The van der Waals surface area contributed by atoms with Crippen molar-refractivity contribution in [3.63, 3.8) is 0 Å². The fourth-order valence-electron chi connectivity index (χ4n) is 1.55. The number of nitrogens with one attached hydrogen (secondary N) is 1. The molecule has 2 rings (SSSR count). The molecular formula is C14H11Cl3N2. The molecule has 0 aromatic heterocycles. The van der Waals surface area contributed by atoms with Crippen LogP contribution < -0.4 is 5.43 Å². The smallest absolute Gasteiger partial charge is 0.0935 e. The Morgan fingerprint density at radius 2 is 1.68 bits per heavy atom. The van der Waals surface area contributed by atoms with Crippen LogP contribution in [0.3, 0.4) is 0 Å². The molecule has 19 heavy (non-hydrogen) atoms. The highest BCUT2D eigenvalue weighted by Crippen LogP contribution is 2.33. The number of benzene rings is 2. The first-order chi connectivity index (χ1) is 9.08. The molecule has 0 aliphatic rings. The van der Waals surface area contributed by atoms with Crippen molar-refractivity contribution in [2.75, 3.05) is 5.43 Å². The summed E-state index contributed by atoms with van der Waals surface area (Å²) in [6.45, 7) is 2.02. The molecule has 0 atom stereocenters. The molecule has 2 nitrogen and oxygen atoms in total. The van der Waals surface area contributed by atoms with Gasteiger partial charge in [0.05, 0.1) is 21.9 Å². The molecule has 0 aliphatic carbocycles. The quantitative estimate of drug-likeness (QED) is 0.595. The number of hydrazone groups is 1. The van der Waals surface area contributed by atoms with Gasteiger partial charge in [-0.2, -0.15) is 5.10 Å². The summed E-state index contributed by atoms with van der Waals surface area (Å²) in [4.78, 5) is 0. The van der Waals surface area contributed by atoms with Crippen LogP contribution in [0, 0.1) is 6.92 Å². The molecule has 0 amide bonds. The minimum atomic E-state index is 0.430. The van der Waals surface area contributed by atoms with Gasteiger partial charge in [-0.3, -0.25) is 5.43 Å². The molecule has 0 bridgehead atoms. The Labute approximate surface area is 127 Å². The van der Waals surface area contributed by atoms with Crippen LogP contribution in [-0.2, 0) is 0 Å². The van der Waals surface area contributed by atoms with Gasteiger partial charge in [0.15, 0.2) is 0 Å². The van der Waals surface area contributed by atoms with Gasteiger partial charge < -0.3 is 0 Å². The molecule has 0 fully saturated rings. The SMILES string of the molecule is Cc1ccccc1C=NNc1c(Cl)cc(Cl)cc1Cl. The van der Waals surface area contributed by atoms with Crippen molar-refractivity contribution >= 4 is 46.7 Å². The van der Waals surface area contributed by atoms with E-state index in [1.165, 1.54) is 0 Å². The largest absolute Gasteiger partial charge is 0.275 e. The van der Waals surface area contributed by atoms with E-state index in [0.717, 1.165) is 11.1 Å². The Morgan fingerprint density at radius 3 is 2.32 bits per heavy atom. The van der Waals surface area contributed by atoms with Crippen LogP contribution in [0.5, 0.6) is 0 Å². The van der Waals surface area contributed by atoms with E-state index in [-0.39, 0.29) is 0 Å². The molecule has 0 heterocycles. The van der Waals surface area contributed by atoms with E-state index in [4.69, 9.17) is 34.8 Å². The van der Waals surface area contributed by atoms with Crippen molar-refractivity contribution < 1.29 is 0 Å². The minimum absolute atomic E-state index is 0.430. The van der Waals surface area contributed by atoms with Crippen LogP contribution in [-0.4, -0.2) is 6.21 Å². The molecule has 0 saturated heterocycles. The summed E-state index contributed by atoms with van der Waals surface area (Å²) in [7, 11) is 0. The van der Waals surface area contributed by atoms with Crippen molar-refractivity contribution in [3.05, 3.63) is 62.6 Å². The number of hydrogen-bond donors (Lipinski definition) is 1. The Hall–Kier alpha value is -1.22. The second kappa shape index (κ2) is 6.29. The molecule has 0 radical (unpaired) electrons. The molecular weight excluding hydrogens is 303 g/mol. The monoisotopic (exact) mass is 312 g/mol. The van der Waals surface area contributed by atoms with Crippen molar-refractivity contribution in [2.45, 2.75) is 6.92 Å². The number of anilines is 1. The maximum Gasteiger partial charge on any atom is 0.0935 e. The third kappa shape index (κ3) is 3.63. The molecule has 0 saturated carbocycles. The molecule has 0 aliphatic heterocycles. The van der Waals surface area contributed by atoms with Crippen LogP contribution >= 0.6 is 34.8 Å². The Kier molecular flexibility index (Phi) is 4.70. The first-order valence-electron chi connectivity index (χ1n) is 5.57. The van der Waals surface area contributed by atoms with Gasteiger partial charge in [-0.25, -0.2) is 0 Å². The lowest BCUT2D eigenvalue weighted by Crippen LogP contribution is -1.94. The number of nitrogens with zero attached hydrogens (tertiary/aromatic N) is 1. The summed E-state index contributed by atoms with van der Waals surface area (Å²) < 4.78 is 0. The van der Waals surface area contributed by atoms with Crippen molar-refractivity contribution in [2.24, 2.45) is 5.10 Å². The average molecular weight is 314 g/mol. The molecule has 0 spiro atoms. The van der Waals surface area contributed by atoms with Gasteiger partial charge in [-0.1, -0.05) is 59.1 Å². The Morgan fingerprint density at radius 1 is 1.05 bits per heavy atom. The topological polar surface area (TPSA) is 24.4 Å². The molecule has 2 aromatic rings. The zero-order valence-electron chi connectivity index (χ0n) is 10.1. The number of hydrogen-bond acceptors (Lipinski definition) is 2. The second-order valence-electron chi connectivity index (χ2n) is 3.97. The fourth-order valence-corrected chi connectivity index (χ4v) is 2.45. The molecule has 5 heteroatoms. The molecule has 2 aromatic carbocycles. The third-order valence-corrected chi connectivity index (χ3v) is 3.39. The Bertz CT molecular complexity index is 601. The molecule has 1 N–H and O–H groups in total. The molecule has 0 unspecified atom stereocenters. The van der Waals surface area contributed by atoms with Gasteiger partial charge >= 0.3 is 0 Å². The van der Waals surface area contributed by atoms with Gasteiger partial charge in [0, 0.05) is 5.02 Å². The summed E-state index contributed by atoms with van der Waals surface area (Å²) in [5.41, 5.74) is 5.53. The summed E-state index contributed by atoms with van der Waals surface area (Å²) in [6.07, 6.45) is 1.72. The first-order valence-corrected chi connectivity index (χ1v) is 6.70. The van der Waals surface area contributed by atoms with Crippen LogP contribution in [0.4, 0.5) is 5.69 Å². The predicted molar refractivity (Wildman–Crippen MR) is 83.9 cm³/mol. The van der Waals surface area contributed by atoms with Crippen molar-refractivity contribution in [3.8, 4) is 0 Å². The summed E-state index contributed by atoms with van der Waals surface area (Å²) in [5, 5.41) is 5.49. The van der Waals surface area contributed by atoms with Crippen molar-refractivity contribution in [1.82, 2.24) is 0 Å². The second-order valence-corrected chi connectivity index (χ2v) is 5.22. The highest BCUT2D eigenvalue weighted by atomic mass is 35.5. The lowest BCUT2D eigenvalue weighted by molar-refractivity contribution is 1.34. The van der Waals surface area contributed by atoms with Gasteiger partial charge in [-0.05, 0) is 30.2 Å². The zero-order chi connectivity index (χ0) is 13.8. The van der Waals surface area contributed by atoms with Crippen molar-refractivity contribution in [1.29, 1.82) is 0 Å². The maximum absolute atomic E-state index is 6.04. The first kappa shape index (κ1) is 14.2. The van der Waals surface area contributed by atoms with Crippen LogP contribution in [0.1, 0.15) is 11.1 Å². The van der Waals surface area contributed by atoms with E-state index in [2.05, 4.69) is 10.5 Å². The van der Waals surface area contributed by atoms with Crippen LogP contribution in [0.2, 0.25) is 15.1 Å². The van der Waals surface area contributed by atoms with E-state index in [1.807, 2.05) is 31.2 Å². The molecule has 98 valence electrons. The normalized spacial score (nSPS) is 10.9. The minimum Gasteiger partial charge on any atom is -0.275 e. The van der Waals surface area contributed by atoms with Gasteiger partial charge in [-0.15, -0.1) is 0 Å². The summed E-state index contributed by atoms with van der Waals surface area (Å²) >= 11 is 17.9. The Balaban J connectivity index is 2.18. The lowest BCUT2D eigenvalue weighted by atomic mass is 10.1. The highest BCUT2D eigenvalue weighted by molar-refractivity contribution is 6.41. The average Bonchev–Trinajstić information content (AvgIpc) is 2.34. The van der Waals surface area contributed by atoms with Crippen LogP contribution in [0.15, 0.2) is 41.5 Å². The lowest BCUT2D eigenvalue weighted by Gasteiger charge is -2.06. The fraction of sp³-hybridized carbons (Fsp3) is 0.0714. The predicted octanol–water partition coefficient (Wildman–Crippen LogP) is 5.40. The van der Waals surface area contributed by atoms with Gasteiger partial charge in [0.2, 0.25) is 0 Å². The van der Waals surface area contributed by atoms with E-state index in [0.29, 0.717) is 20.8 Å². The van der Waals surface area contributed by atoms with Gasteiger partial charge in [0.1, 0.15) is 0 Å². The zero-order valence-corrected chi connectivity index (χ0v) is 12.4. The van der Waals surface area contributed by atoms with E-state index < -0.39 is 0 Å². The third-order valence-electron chi connectivity index (χ3n) is 2.58. The summed E-state index contributed by atoms with van der Waals surface area (Å²) in [5.74, 6) is 0. The summed E-state index contributed by atoms with van der Waals surface area (Å²) in [6, 6.07) is 11.2. The van der Waals surface area contributed by atoms with E-state index in [9.17, 15) is 0 Å². The highest BCUT2D eigenvalue weighted by Gasteiger charge is 2.06. The number of aryl methyl sites for hydroxylation is 1. The van der Waals surface area contributed by atoms with Crippen LogP contribution in [0.25, 0.3) is 0 Å². The van der Waals surface area contributed by atoms with E-state index >= 15 is 0 Å². The standard InChI is InChI=1S/C14H11Cl3N2/c1-9-4-2-3-5-10(9)8-18-19-14-12(16)6-11(15)7-13(14)17/h2-8,19H,1H3.